The summed E-state index contributed by atoms with van der Waals surface area (Å²) in [5, 5.41) is 22.7. The van der Waals surface area contributed by atoms with Crippen molar-refractivity contribution in [2.24, 2.45) is 0 Å². The number of carbonyl (C=O) groups is 1. The van der Waals surface area contributed by atoms with Gasteiger partial charge in [0.1, 0.15) is 0 Å². The first-order chi connectivity index (χ1) is 8.37. The second kappa shape index (κ2) is 5.48. The maximum absolute atomic E-state index is 11.9. The Balaban J connectivity index is 2.94. The van der Waals surface area contributed by atoms with Crippen molar-refractivity contribution in [1.29, 1.82) is 0 Å². The number of ether oxygens (including phenoxy) is 1. The summed E-state index contributed by atoms with van der Waals surface area (Å²) in [6.45, 7) is 4.85. The molecule has 1 aromatic heterocycles. The highest BCUT2D eigenvalue weighted by molar-refractivity contribution is 5.81. The summed E-state index contributed by atoms with van der Waals surface area (Å²) < 4.78 is 5.97. The molecule has 0 aliphatic carbocycles. The molecule has 0 saturated heterocycles. The molecule has 0 amide bonds. The van der Waals surface area contributed by atoms with Gasteiger partial charge >= 0.3 is 5.97 Å². The van der Waals surface area contributed by atoms with Crippen LogP contribution >= 0.6 is 0 Å². The second-order valence-electron chi connectivity index (χ2n) is 4.23. The molecule has 0 N–H and O–H groups in total. The highest BCUT2D eigenvalue weighted by Gasteiger charge is 2.37. The van der Waals surface area contributed by atoms with Gasteiger partial charge in [-0.05, 0) is 6.92 Å². The number of esters is 1. The molecular weight excluding hydrogens is 236 g/mol. The number of carbonyl (C=O) groups excluding carboxylic acids is 1. The van der Waals surface area contributed by atoms with Crippen LogP contribution in [-0.2, 0) is 9.53 Å². The van der Waals surface area contributed by atoms with Gasteiger partial charge < -0.3 is 15.2 Å². The van der Waals surface area contributed by atoms with Crippen molar-refractivity contribution in [3.63, 3.8) is 0 Å². The summed E-state index contributed by atoms with van der Waals surface area (Å²) in [6, 6.07) is 2.97. The van der Waals surface area contributed by atoms with Crippen molar-refractivity contribution in [2.75, 3.05) is 6.61 Å². The largest absolute Gasteiger partial charge is 0.623 e. The molecule has 0 aromatic carbocycles. The van der Waals surface area contributed by atoms with Crippen LogP contribution in [0.4, 0.5) is 0 Å². The first kappa shape index (κ1) is 14.0. The lowest BCUT2D eigenvalue weighted by Gasteiger charge is -2.21. The van der Waals surface area contributed by atoms with E-state index in [1.54, 1.807) is 6.92 Å². The first-order valence-electron chi connectivity index (χ1n) is 5.55. The zero-order valence-electron chi connectivity index (χ0n) is 10.6. The van der Waals surface area contributed by atoms with Gasteiger partial charge in [-0.3, -0.25) is 0 Å². The summed E-state index contributed by atoms with van der Waals surface area (Å²) in [4.78, 5) is 11.6. The summed E-state index contributed by atoms with van der Waals surface area (Å²) >= 11 is 0. The Labute approximate surface area is 105 Å². The number of nitrogens with zero attached hydrogens (tertiary/aromatic N) is 2. The standard InChI is InChI=1S/C12H16N2O4/c1-4-18-11(15)12(2,3)14(17)9-10-5-7-13(16)8-6-10/h5-9H,4H2,1-3H3/b14-9-. The third-order valence-electron chi connectivity index (χ3n) is 2.42. The number of pyridine rings is 1. The molecule has 1 aromatic rings. The third-order valence-corrected chi connectivity index (χ3v) is 2.42. The fourth-order valence-electron chi connectivity index (χ4n) is 1.20. The van der Waals surface area contributed by atoms with Crippen LogP contribution in [0.25, 0.3) is 0 Å². The van der Waals surface area contributed by atoms with Gasteiger partial charge in [-0.2, -0.15) is 9.47 Å². The van der Waals surface area contributed by atoms with Crippen LogP contribution in [0.15, 0.2) is 24.5 Å². The summed E-state index contributed by atoms with van der Waals surface area (Å²) in [6.07, 6.45) is 3.80. The Morgan fingerprint density at radius 1 is 1.50 bits per heavy atom. The molecule has 0 fully saturated rings. The molecular formula is C12H16N2O4. The summed E-state index contributed by atoms with van der Waals surface area (Å²) in [5.41, 5.74) is -0.770. The lowest BCUT2D eigenvalue weighted by molar-refractivity contribution is -0.605. The van der Waals surface area contributed by atoms with E-state index in [9.17, 15) is 15.2 Å². The Bertz CT molecular complexity index is 452. The van der Waals surface area contributed by atoms with Gasteiger partial charge in [0.05, 0.1) is 12.2 Å². The van der Waals surface area contributed by atoms with Crippen LogP contribution in [0.5, 0.6) is 0 Å². The van der Waals surface area contributed by atoms with Gasteiger partial charge in [-0.1, -0.05) is 0 Å². The SMILES string of the molecule is CCOC(=O)C(C)(C)/[N+]([O-])=C/c1cc[n+]([O-])cc1. The molecule has 0 aliphatic heterocycles. The molecule has 0 atom stereocenters. The van der Waals surface area contributed by atoms with Gasteiger partial charge in [0.2, 0.25) is 0 Å². The predicted molar refractivity (Wildman–Crippen MR) is 64.9 cm³/mol. The maximum Gasteiger partial charge on any atom is 0.379 e. The minimum Gasteiger partial charge on any atom is -0.623 e. The molecule has 0 saturated carbocycles. The minimum atomic E-state index is -1.31. The molecule has 6 heteroatoms. The van der Waals surface area contributed by atoms with E-state index in [0.717, 1.165) is 0 Å². The second-order valence-corrected chi connectivity index (χ2v) is 4.23. The highest BCUT2D eigenvalue weighted by Crippen LogP contribution is 2.10. The summed E-state index contributed by atoms with van der Waals surface area (Å²) in [5.74, 6) is -0.592. The quantitative estimate of drug-likeness (QED) is 0.258. The van der Waals surface area contributed by atoms with Crippen LogP contribution in [0, 0.1) is 10.4 Å². The topological polar surface area (TPSA) is 79.3 Å². The fraction of sp³-hybridized carbons (Fsp3) is 0.417. The smallest absolute Gasteiger partial charge is 0.379 e. The van der Waals surface area contributed by atoms with E-state index in [1.165, 1.54) is 44.6 Å². The molecule has 1 rings (SSSR count). The van der Waals surface area contributed by atoms with Crippen molar-refractivity contribution in [1.82, 2.24) is 0 Å². The van der Waals surface area contributed by atoms with E-state index >= 15 is 0 Å². The average molecular weight is 252 g/mol. The van der Waals surface area contributed by atoms with Crippen LogP contribution in [0.1, 0.15) is 26.3 Å². The van der Waals surface area contributed by atoms with E-state index in [-0.39, 0.29) is 6.61 Å². The molecule has 0 bridgehead atoms. The molecule has 1 heterocycles. The number of aromatic nitrogens is 1. The van der Waals surface area contributed by atoms with Crippen LogP contribution in [-0.4, -0.2) is 29.1 Å². The minimum absolute atomic E-state index is 0.220. The Morgan fingerprint density at radius 2 is 2.06 bits per heavy atom. The van der Waals surface area contributed by atoms with Gasteiger partial charge in [0.25, 0.3) is 5.54 Å². The van der Waals surface area contributed by atoms with Crippen LogP contribution in [0.2, 0.25) is 0 Å². The fourth-order valence-corrected chi connectivity index (χ4v) is 1.20. The van der Waals surface area contributed by atoms with Gasteiger partial charge in [0.15, 0.2) is 18.6 Å². The van der Waals surface area contributed by atoms with Crippen molar-refractivity contribution < 1.29 is 19.0 Å². The number of hydrogen-bond donors (Lipinski definition) is 0. The number of hydroxylamine groups is 1. The Morgan fingerprint density at radius 3 is 2.56 bits per heavy atom. The van der Waals surface area contributed by atoms with E-state index in [4.69, 9.17) is 4.74 Å². The Kier molecular flexibility index (Phi) is 4.25. The molecule has 0 unspecified atom stereocenters. The zero-order chi connectivity index (χ0) is 13.8. The van der Waals surface area contributed by atoms with Crippen molar-refractivity contribution in [3.05, 3.63) is 40.5 Å². The molecule has 0 aliphatic rings. The molecule has 6 nitrogen and oxygen atoms in total. The molecule has 18 heavy (non-hydrogen) atoms. The highest BCUT2D eigenvalue weighted by atomic mass is 16.5. The van der Waals surface area contributed by atoms with E-state index < -0.39 is 11.5 Å². The normalized spacial score (nSPS) is 12.3. The maximum atomic E-state index is 11.9. The lowest BCUT2D eigenvalue weighted by Crippen LogP contribution is -2.43. The lowest BCUT2D eigenvalue weighted by atomic mass is 10.1. The van der Waals surface area contributed by atoms with Crippen LogP contribution in [0.3, 0.4) is 0 Å². The Hall–Kier alpha value is -2.11. The summed E-state index contributed by atoms with van der Waals surface area (Å²) in [7, 11) is 0. The zero-order valence-corrected chi connectivity index (χ0v) is 10.6. The molecule has 0 spiro atoms. The van der Waals surface area contributed by atoms with Gasteiger partial charge in [-0.15, -0.1) is 0 Å². The van der Waals surface area contributed by atoms with Crippen molar-refractivity contribution in [2.45, 2.75) is 26.3 Å². The molecule has 0 radical (unpaired) electrons. The number of rotatable bonds is 4. The third kappa shape index (κ3) is 3.19. The van der Waals surface area contributed by atoms with Crippen molar-refractivity contribution >= 4 is 12.2 Å². The van der Waals surface area contributed by atoms with E-state index in [0.29, 0.717) is 15.0 Å². The van der Waals surface area contributed by atoms with Gasteiger partial charge in [-0.25, -0.2) is 4.79 Å². The monoisotopic (exact) mass is 252 g/mol. The van der Waals surface area contributed by atoms with Gasteiger partial charge in [0, 0.05) is 26.0 Å². The van der Waals surface area contributed by atoms with Crippen LogP contribution < -0.4 is 4.73 Å². The average Bonchev–Trinajstić information content (AvgIpc) is 2.32. The predicted octanol–water partition coefficient (Wildman–Crippen LogP) is 0.591. The number of hydrogen-bond acceptors (Lipinski definition) is 4. The van der Waals surface area contributed by atoms with E-state index in [2.05, 4.69) is 0 Å². The van der Waals surface area contributed by atoms with Crippen molar-refractivity contribution in [3.8, 4) is 0 Å². The first-order valence-corrected chi connectivity index (χ1v) is 5.55. The van der Waals surface area contributed by atoms with E-state index in [1.807, 2.05) is 0 Å². The molecule has 98 valence electrons.